The zero-order valence-electron chi connectivity index (χ0n) is 13.0. The molecule has 3 rings (SSSR count). The highest BCUT2D eigenvalue weighted by Gasteiger charge is 2.28. The van der Waals surface area contributed by atoms with Gasteiger partial charge < -0.3 is 15.4 Å². The Kier molecular flexibility index (Phi) is 5.43. The van der Waals surface area contributed by atoms with Crippen LogP contribution in [-0.2, 0) is 16.1 Å². The first-order valence-electron chi connectivity index (χ1n) is 8.20. The zero-order chi connectivity index (χ0) is 15.2. The van der Waals surface area contributed by atoms with E-state index in [0.29, 0.717) is 13.2 Å². The van der Waals surface area contributed by atoms with E-state index in [9.17, 15) is 4.79 Å². The molecule has 1 unspecified atom stereocenters. The van der Waals surface area contributed by atoms with Crippen molar-refractivity contribution < 1.29 is 9.53 Å². The van der Waals surface area contributed by atoms with Crippen LogP contribution in [0.3, 0.4) is 0 Å². The number of carbonyl (C=O) groups excluding carboxylic acids is 1. The lowest BCUT2D eigenvalue weighted by atomic mass is 10.1. The topological polar surface area (TPSA) is 53.6 Å². The largest absolute Gasteiger partial charge is 0.366 e. The summed E-state index contributed by atoms with van der Waals surface area (Å²) in [6, 6.07) is 10.6. The predicted molar refractivity (Wildman–Crippen MR) is 85.5 cm³/mol. The molecule has 2 saturated heterocycles. The molecule has 0 spiro atoms. The van der Waals surface area contributed by atoms with Crippen LogP contribution < -0.4 is 10.6 Å². The van der Waals surface area contributed by atoms with E-state index in [2.05, 4.69) is 39.8 Å². The zero-order valence-corrected chi connectivity index (χ0v) is 13.0. The maximum atomic E-state index is 12.4. The van der Waals surface area contributed by atoms with E-state index in [1.54, 1.807) is 0 Å². The molecule has 0 bridgehead atoms. The third kappa shape index (κ3) is 4.29. The highest BCUT2D eigenvalue weighted by atomic mass is 16.5. The van der Waals surface area contributed by atoms with E-state index >= 15 is 0 Å². The Morgan fingerprint density at radius 3 is 3.00 bits per heavy atom. The fourth-order valence-electron chi connectivity index (χ4n) is 3.12. The van der Waals surface area contributed by atoms with Crippen molar-refractivity contribution in [2.24, 2.45) is 0 Å². The lowest BCUT2D eigenvalue weighted by molar-refractivity contribution is -0.139. The monoisotopic (exact) mass is 303 g/mol. The molecule has 0 saturated carbocycles. The van der Waals surface area contributed by atoms with Gasteiger partial charge in [0.2, 0.25) is 0 Å². The SMILES string of the molecule is O=C(N[C@H]1CCCNC1)C1CN(Cc2ccccc2)CCO1. The molecular formula is C17H25N3O2. The molecule has 5 heteroatoms. The van der Waals surface area contributed by atoms with Crippen LogP contribution in [0.1, 0.15) is 18.4 Å². The first kappa shape index (κ1) is 15.5. The summed E-state index contributed by atoms with van der Waals surface area (Å²) in [7, 11) is 0. The summed E-state index contributed by atoms with van der Waals surface area (Å²) in [5.41, 5.74) is 1.28. The summed E-state index contributed by atoms with van der Waals surface area (Å²) < 4.78 is 5.68. The van der Waals surface area contributed by atoms with Gasteiger partial charge >= 0.3 is 0 Å². The third-order valence-electron chi connectivity index (χ3n) is 4.34. The smallest absolute Gasteiger partial charge is 0.250 e. The van der Waals surface area contributed by atoms with Gasteiger partial charge in [0.1, 0.15) is 6.10 Å². The number of ether oxygens (including phenoxy) is 1. The van der Waals surface area contributed by atoms with Gasteiger partial charge in [-0.25, -0.2) is 0 Å². The number of rotatable bonds is 4. The number of carbonyl (C=O) groups is 1. The van der Waals surface area contributed by atoms with Crippen LogP contribution in [-0.4, -0.2) is 55.7 Å². The molecule has 5 nitrogen and oxygen atoms in total. The van der Waals surface area contributed by atoms with Gasteiger partial charge in [-0.1, -0.05) is 30.3 Å². The maximum Gasteiger partial charge on any atom is 0.250 e. The average Bonchev–Trinajstić information content (AvgIpc) is 2.57. The van der Waals surface area contributed by atoms with E-state index in [1.165, 1.54) is 5.56 Å². The second kappa shape index (κ2) is 7.72. The number of amides is 1. The number of hydrogen-bond donors (Lipinski definition) is 2. The number of piperidine rings is 1. The number of nitrogens with zero attached hydrogens (tertiary/aromatic N) is 1. The number of nitrogens with one attached hydrogen (secondary N) is 2. The minimum absolute atomic E-state index is 0.0338. The molecule has 2 N–H and O–H groups in total. The number of hydrogen-bond acceptors (Lipinski definition) is 4. The Morgan fingerprint density at radius 2 is 2.23 bits per heavy atom. The Morgan fingerprint density at radius 1 is 1.36 bits per heavy atom. The van der Waals surface area contributed by atoms with E-state index in [-0.39, 0.29) is 18.1 Å². The number of morpholine rings is 1. The molecule has 2 heterocycles. The summed E-state index contributed by atoms with van der Waals surface area (Å²) in [6.07, 6.45) is 1.83. The lowest BCUT2D eigenvalue weighted by Gasteiger charge is -2.33. The van der Waals surface area contributed by atoms with Crippen LogP contribution in [0, 0.1) is 0 Å². The standard InChI is InChI=1S/C17H25N3O2/c21-17(19-15-7-4-8-18-11-15)16-13-20(9-10-22-16)12-14-5-2-1-3-6-14/h1-3,5-6,15-16,18H,4,7-13H2,(H,19,21)/t15-,16?/m0/s1. The average molecular weight is 303 g/mol. The van der Waals surface area contributed by atoms with Crippen LogP contribution in [0.2, 0.25) is 0 Å². The van der Waals surface area contributed by atoms with E-state index in [0.717, 1.165) is 39.0 Å². The molecule has 120 valence electrons. The van der Waals surface area contributed by atoms with Crippen molar-refractivity contribution >= 4 is 5.91 Å². The maximum absolute atomic E-state index is 12.4. The summed E-state index contributed by atoms with van der Waals surface area (Å²) in [6.45, 7) is 4.96. The lowest BCUT2D eigenvalue weighted by Crippen LogP contribution is -2.54. The fraction of sp³-hybridized carbons (Fsp3) is 0.588. The van der Waals surface area contributed by atoms with Crippen molar-refractivity contribution in [1.82, 2.24) is 15.5 Å². The van der Waals surface area contributed by atoms with Crippen molar-refractivity contribution in [2.75, 3.05) is 32.8 Å². The molecule has 0 aliphatic carbocycles. The van der Waals surface area contributed by atoms with Crippen LogP contribution in [0.15, 0.2) is 30.3 Å². The second-order valence-corrected chi connectivity index (χ2v) is 6.13. The molecule has 22 heavy (non-hydrogen) atoms. The minimum atomic E-state index is -0.348. The van der Waals surface area contributed by atoms with Gasteiger partial charge in [0, 0.05) is 32.2 Å². The first-order chi connectivity index (χ1) is 10.8. The van der Waals surface area contributed by atoms with Gasteiger partial charge in [-0.2, -0.15) is 0 Å². The molecule has 0 radical (unpaired) electrons. The van der Waals surface area contributed by atoms with E-state index in [1.807, 2.05) is 6.07 Å². The van der Waals surface area contributed by atoms with Gasteiger partial charge in [0.25, 0.3) is 5.91 Å². The normalized spacial score (nSPS) is 26.5. The molecule has 2 aliphatic rings. The van der Waals surface area contributed by atoms with Gasteiger partial charge in [0.15, 0.2) is 0 Å². The Labute approximate surface area is 132 Å². The fourth-order valence-corrected chi connectivity index (χ4v) is 3.12. The Balaban J connectivity index is 1.50. The molecule has 2 fully saturated rings. The van der Waals surface area contributed by atoms with Crippen LogP contribution in [0.4, 0.5) is 0 Å². The second-order valence-electron chi connectivity index (χ2n) is 6.13. The van der Waals surface area contributed by atoms with Gasteiger partial charge in [-0.15, -0.1) is 0 Å². The van der Waals surface area contributed by atoms with Crippen molar-refractivity contribution in [1.29, 1.82) is 0 Å². The summed E-state index contributed by atoms with van der Waals surface area (Å²) in [4.78, 5) is 14.7. The molecule has 2 aliphatic heterocycles. The van der Waals surface area contributed by atoms with Crippen LogP contribution >= 0.6 is 0 Å². The highest BCUT2D eigenvalue weighted by molar-refractivity contribution is 5.81. The van der Waals surface area contributed by atoms with Gasteiger partial charge in [-0.05, 0) is 24.9 Å². The van der Waals surface area contributed by atoms with Gasteiger partial charge in [0.05, 0.1) is 6.61 Å². The molecule has 1 aromatic rings. The summed E-state index contributed by atoms with van der Waals surface area (Å²) in [5, 5.41) is 6.44. The van der Waals surface area contributed by atoms with E-state index < -0.39 is 0 Å². The van der Waals surface area contributed by atoms with Gasteiger partial charge in [-0.3, -0.25) is 9.69 Å². The Hall–Kier alpha value is -1.43. The molecule has 1 amide bonds. The summed E-state index contributed by atoms with van der Waals surface area (Å²) in [5.74, 6) is 0.0338. The van der Waals surface area contributed by atoms with Crippen molar-refractivity contribution in [2.45, 2.75) is 31.5 Å². The third-order valence-corrected chi connectivity index (χ3v) is 4.34. The van der Waals surface area contributed by atoms with Crippen LogP contribution in [0.5, 0.6) is 0 Å². The Bertz CT molecular complexity index is 474. The van der Waals surface area contributed by atoms with Crippen molar-refractivity contribution in [3.05, 3.63) is 35.9 Å². The molecular weight excluding hydrogens is 278 g/mol. The molecule has 0 aromatic heterocycles. The molecule has 2 atom stereocenters. The number of benzene rings is 1. The summed E-state index contributed by atoms with van der Waals surface area (Å²) >= 11 is 0. The molecule has 1 aromatic carbocycles. The predicted octanol–water partition coefficient (Wildman–Crippen LogP) is 0.756. The van der Waals surface area contributed by atoms with Crippen molar-refractivity contribution in [3.63, 3.8) is 0 Å². The van der Waals surface area contributed by atoms with Crippen LogP contribution in [0.25, 0.3) is 0 Å². The quantitative estimate of drug-likeness (QED) is 0.862. The van der Waals surface area contributed by atoms with E-state index in [4.69, 9.17) is 4.74 Å². The first-order valence-corrected chi connectivity index (χ1v) is 8.20. The highest BCUT2D eigenvalue weighted by Crippen LogP contribution is 2.11. The van der Waals surface area contributed by atoms with Crippen molar-refractivity contribution in [3.8, 4) is 0 Å². The minimum Gasteiger partial charge on any atom is -0.366 e.